The molecule has 5 heteroatoms. The first-order chi connectivity index (χ1) is 11.4. The maximum atomic E-state index is 15.0. The first-order valence-electron chi connectivity index (χ1n) is 7.97. The Kier molecular flexibility index (Phi) is 5.51. The number of benzene rings is 2. The summed E-state index contributed by atoms with van der Waals surface area (Å²) in [7, 11) is 0. The van der Waals surface area contributed by atoms with E-state index in [0.717, 1.165) is 0 Å². The van der Waals surface area contributed by atoms with Gasteiger partial charge in [-0.3, -0.25) is 0 Å². The third-order valence-corrected chi connectivity index (χ3v) is 4.84. The van der Waals surface area contributed by atoms with Gasteiger partial charge < -0.3 is 0 Å². The first-order valence-corrected chi connectivity index (χ1v) is 8.73. The van der Waals surface area contributed by atoms with Crippen LogP contribution in [-0.2, 0) is 17.3 Å². The molecule has 2 aromatic carbocycles. The molecule has 0 nitrogen and oxygen atoms in total. The molecule has 0 radical (unpaired) electrons. The summed E-state index contributed by atoms with van der Waals surface area (Å²) in [6, 6.07) is 5.70. The Bertz CT molecular complexity index is 785. The molecular formula is C20H21Cl2F3. The third kappa shape index (κ3) is 3.98. The lowest BCUT2D eigenvalue weighted by atomic mass is 9.77. The van der Waals surface area contributed by atoms with E-state index < -0.39 is 28.3 Å². The minimum absolute atomic E-state index is 0.0644. The molecule has 0 spiro atoms. The van der Waals surface area contributed by atoms with Crippen LogP contribution in [0.4, 0.5) is 13.2 Å². The summed E-state index contributed by atoms with van der Waals surface area (Å²) in [5.74, 6) is -1.85. The standard InChI is InChI=1S/C20H21Cl2F3/c1-19(2,3)16-17(24)11(9-13(22)18(16)25)10-20(4,5)15-12(21)7-6-8-14(15)23/h6-9H,10H2,1-5H3. The van der Waals surface area contributed by atoms with Crippen molar-refractivity contribution in [3.05, 3.63) is 68.5 Å². The van der Waals surface area contributed by atoms with Gasteiger partial charge in [0.05, 0.1) is 5.02 Å². The first kappa shape index (κ1) is 20.1. The Labute approximate surface area is 157 Å². The molecule has 0 aromatic heterocycles. The molecule has 0 aliphatic rings. The van der Waals surface area contributed by atoms with Crippen molar-refractivity contribution in [1.29, 1.82) is 0 Å². The van der Waals surface area contributed by atoms with Gasteiger partial charge in [-0.2, -0.15) is 0 Å². The van der Waals surface area contributed by atoms with E-state index >= 15 is 4.39 Å². The summed E-state index contributed by atoms with van der Waals surface area (Å²) < 4.78 is 43.7. The minimum Gasteiger partial charge on any atom is -0.207 e. The van der Waals surface area contributed by atoms with Gasteiger partial charge in [-0.05, 0) is 41.0 Å². The molecule has 0 N–H and O–H groups in total. The molecular weight excluding hydrogens is 368 g/mol. The van der Waals surface area contributed by atoms with Gasteiger partial charge >= 0.3 is 0 Å². The van der Waals surface area contributed by atoms with Gasteiger partial charge in [0, 0.05) is 16.1 Å². The Morgan fingerprint density at radius 3 is 1.96 bits per heavy atom. The lowest BCUT2D eigenvalue weighted by molar-refractivity contribution is 0.444. The highest BCUT2D eigenvalue weighted by Gasteiger charge is 2.32. The second-order valence-electron chi connectivity index (χ2n) is 7.93. The van der Waals surface area contributed by atoms with Crippen molar-refractivity contribution < 1.29 is 13.2 Å². The lowest BCUT2D eigenvalue weighted by Crippen LogP contribution is -2.25. The Balaban J connectivity index is 2.59. The molecule has 136 valence electrons. The Hall–Kier alpha value is -1.19. The van der Waals surface area contributed by atoms with Gasteiger partial charge in [-0.15, -0.1) is 0 Å². The van der Waals surface area contributed by atoms with Gasteiger partial charge in [0.25, 0.3) is 0 Å². The van der Waals surface area contributed by atoms with Crippen LogP contribution >= 0.6 is 23.2 Å². The van der Waals surface area contributed by atoms with E-state index in [-0.39, 0.29) is 27.6 Å². The summed E-state index contributed by atoms with van der Waals surface area (Å²) >= 11 is 12.2. The highest BCUT2D eigenvalue weighted by atomic mass is 35.5. The predicted molar refractivity (Wildman–Crippen MR) is 98.2 cm³/mol. The summed E-state index contributed by atoms with van der Waals surface area (Å²) in [6.45, 7) is 8.68. The van der Waals surface area contributed by atoms with Gasteiger partial charge in [0.1, 0.15) is 17.5 Å². The molecule has 25 heavy (non-hydrogen) atoms. The minimum atomic E-state index is -0.806. The van der Waals surface area contributed by atoms with Crippen molar-refractivity contribution in [1.82, 2.24) is 0 Å². The lowest BCUT2D eigenvalue weighted by Gasteiger charge is -2.29. The third-order valence-electron chi connectivity index (χ3n) is 4.25. The van der Waals surface area contributed by atoms with Gasteiger partial charge in [0.2, 0.25) is 0 Å². The summed E-state index contributed by atoms with van der Waals surface area (Å²) in [5.41, 5.74) is -1.09. The van der Waals surface area contributed by atoms with Crippen molar-refractivity contribution in [2.24, 2.45) is 0 Å². The van der Waals surface area contributed by atoms with Crippen molar-refractivity contribution in [2.45, 2.75) is 51.9 Å². The van der Waals surface area contributed by atoms with Crippen molar-refractivity contribution in [3.63, 3.8) is 0 Å². The number of rotatable bonds is 3. The van der Waals surface area contributed by atoms with Crippen LogP contribution in [0.25, 0.3) is 0 Å². The zero-order chi connectivity index (χ0) is 19.2. The highest BCUT2D eigenvalue weighted by Crippen LogP contribution is 2.39. The van der Waals surface area contributed by atoms with Crippen molar-refractivity contribution in [3.8, 4) is 0 Å². The average molecular weight is 389 g/mol. The fourth-order valence-electron chi connectivity index (χ4n) is 3.15. The van der Waals surface area contributed by atoms with Crippen LogP contribution in [-0.4, -0.2) is 0 Å². The zero-order valence-corrected chi connectivity index (χ0v) is 16.4. The van der Waals surface area contributed by atoms with Crippen LogP contribution in [0.3, 0.4) is 0 Å². The number of halogens is 5. The Morgan fingerprint density at radius 1 is 0.840 bits per heavy atom. The Morgan fingerprint density at radius 2 is 1.44 bits per heavy atom. The molecule has 0 bridgehead atoms. The van der Waals surface area contributed by atoms with Crippen LogP contribution in [0, 0.1) is 17.5 Å². The molecule has 0 amide bonds. The monoisotopic (exact) mass is 388 g/mol. The zero-order valence-electron chi connectivity index (χ0n) is 14.9. The molecule has 0 aliphatic carbocycles. The second kappa shape index (κ2) is 6.85. The summed E-state index contributed by atoms with van der Waals surface area (Å²) in [5, 5.41) is 0.131. The smallest absolute Gasteiger partial charge is 0.148 e. The highest BCUT2D eigenvalue weighted by molar-refractivity contribution is 6.31. The van der Waals surface area contributed by atoms with Crippen LogP contribution in [0.5, 0.6) is 0 Å². The van der Waals surface area contributed by atoms with Gasteiger partial charge in [0.15, 0.2) is 0 Å². The van der Waals surface area contributed by atoms with E-state index in [0.29, 0.717) is 5.56 Å². The van der Waals surface area contributed by atoms with Crippen molar-refractivity contribution in [2.75, 3.05) is 0 Å². The van der Waals surface area contributed by atoms with Crippen LogP contribution in [0.2, 0.25) is 10.0 Å². The van der Waals surface area contributed by atoms with Gasteiger partial charge in [-0.25, -0.2) is 13.2 Å². The van der Waals surface area contributed by atoms with Gasteiger partial charge in [-0.1, -0.05) is 63.9 Å². The van der Waals surface area contributed by atoms with E-state index in [1.165, 1.54) is 18.2 Å². The molecule has 2 rings (SSSR count). The largest absolute Gasteiger partial charge is 0.207 e. The fraction of sp³-hybridized carbons (Fsp3) is 0.400. The molecule has 0 heterocycles. The van der Waals surface area contributed by atoms with E-state index in [2.05, 4.69) is 0 Å². The normalized spacial score (nSPS) is 12.6. The van der Waals surface area contributed by atoms with Crippen molar-refractivity contribution >= 4 is 23.2 Å². The van der Waals surface area contributed by atoms with E-state index in [9.17, 15) is 8.78 Å². The summed E-state index contributed by atoms with van der Waals surface area (Å²) in [6.07, 6.45) is 0.128. The molecule has 0 saturated heterocycles. The fourth-order valence-corrected chi connectivity index (χ4v) is 3.80. The van der Waals surface area contributed by atoms with Crippen LogP contribution in [0.1, 0.15) is 51.3 Å². The quantitative estimate of drug-likeness (QED) is 0.486. The van der Waals surface area contributed by atoms with Crippen LogP contribution in [0.15, 0.2) is 24.3 Å². The molecule has 0 aliphatic heterocycles. The SMILES string of the molecule is CC(C)(C)c1c(F)c(Cl)cc(CC(C)(C)c2c(F)cccc2Cl)c1F. The molecule has 0 unspecified atom stereocenters. The average Bonchev–Trinajstić information content (AvgIpc) is 2.42. The predicted octanol–water partition coefficient (Wildman–Crippen LogP) is 7.23. The number of hydrogen-bond acceptors (Lipinski definition) is 0. The molecule has 0 atom stereocenters. The molecule has 0 fully saturated rings. The maximum absolute atomic E-state index is 15.0. The van der Waals surface area contributed by atoms with E-state index in [1.54, 1.807) is 40.7 Å². The maximum Gasteiger partial charge on any atom is 0.148 e. The van der Waals surface area contributed by atoms with E-state index in [4.69, 9.17) is 23.2 Å². The van der Waals surface area contributed by atoms with E-state index in [1.807, 2.05) is 0 Å². The molecule has 2 aromatic rings. The topological polar surface area (TPSA) is 0 Å². The van der Waals surface area contributed by atoms with Crippen LogP contribution < -0.4 is 0 Å². The molecule has 0 saturated carbocycles. The number of hydrogen-bond donors (Lipinski definition) is 0. The summed E-state index contributed by atoms with van der Waals surface area (Å²) in [4.78, 5) is 0. The second-order valence-corrected chi connectivity index (χ2v) is 8.74.